The molecule has 1 atom stereocenters. The van der Waals surface area contributed by atoms with Crippen molar-refractivity contribution in [3.8, 4) is 18.1 Å². The van der Waals surface area contributed by atoms with Gasteiger partial charge in [-0.05, 0) is 17.7 Å². The number of terminal acetylenes is 1. The molecule has 1 aromatic carbocycles. The standard InChI is InChI=1S/C17H18F4N2O4/c1-2-7-26-11-13-10-23(16(24)25)6-5-22(13)9-12-3-4-15(14(18)8-12)27-17(19,20)21/h1,3-4,8,13H,5-7,9-11H2,(H,24,25)/t13-/m1/s1. The third-order valence-electron chi connectivity index (χ3n) is 3.98. The van der Waals surface area contributed by atoms with Crippen molar-refractivity contribution < 1.29 is 36.9 Å². The maximum absolute atomic E-state index is 13.9. The summed E-state index contributed by atoms with van der Waals surface area (Å²) in [5, 5.41) is 9.14. The molecule has 27 heavy (non-hydrogen) atoms. The van der Waals surface area contributed by atoms with E-state index in [1.807, 2.05) is 4.90 Å². The Morgan fingerprint density at radius 1 is 1.37 bits per heavy atom. The van der Waals surface area contributed by atoms with Crippen LogP contribution in [0.1, 0.15) is 5.56 Å². The van der Waals surface area contributed by atoms with Crippen LogP contribution in [0.25, 0.3) is 0 Å². The van der Waals surface area contributed by atoms with Crippen LogP contribution in [0.4, 0.5) is 22.4 Å². The second-order valence-corrected chi connectivity index (χ2v) is 5.88. The van der Waals surface area contributed by atoms with Gasteiger partial charge in [-0.3, -0.25) is 4.90 Å². The zero-order valence-corrected chi connectivity index (χ0v) is 14.2. The lowest BCUT2D eigenvalue weighted by Crippen LogP contribution is -2.55. The molecule has 1 N–H and O–H groups in total. The van der Waals surface area contributed by atoms with E-state index in [1.54, 1.807) is 0 Å². The largest absolute Gasteiger partial charge is 0.573 e. The van der Waals surface area contributed by atoms with Gasteiger partial charge >= 0.3 is 12.5 Å². The molecule has 6 nitrogen and oxygen atoms in total. The fourth-order valence-electron chi connectivity index (χ4n) is 2.77. The van der Waals surface area contributed by atoms with Gasteiger partial charge in [-0.15, -0.1) is 19.6 Å². The van der Waals surface area contributed by atoms with Crippen LogP contribution in [-0.2, 0) is 11.3 Å². The van der Waals surface area contributed by atoms with Crippen LogP contribution in [0.2, 0.25) is 0 Å². The van der Waals surface area contributed by atoms with E-state index in [2.05, 4.69) is 10.7 Å². The lowest BCUT2D eigenvalue weighted by atomic mass is 10.1. The van der Waals surface area contributed by atoms with Crippen LogP contribution in [0, 0.1) is 18.2 Å². The molecule has 1 saturated heterocycles. The SMILES string of the molecule is C#CCOC[C@H]1CN(C(=O)O)CCN1Cc1ccc(OC(F)(F)F)c(F)c1. The average molecular weight is 390 g/mol. The van der Waals surface area contributed by atoms with Crippen molar-refractivity contribution in [3.63, 3.8) is 0 Å². The van der Waals surface area contributed by atoms with Crippen molar-refractivity contribution in [1.82, 2.24) is 9.80 Å². The number of hydrogen-bond donors (Lipinski definition) is 1. The van der Waals surface area contributed by atoms with Crippen LogP contribution >= 0.6 is 0 Å². The van der Waals surface area contributed by atoms with E-state index in [4.69, 9.17) is 16.3 Å². The minimum atomic E-state index is -4.98. The summed E-state index contributed by atoms with van der Waals surface area (Å²) in [6.45, 7) is 1.23. The smallest absolute Gasteiger partial charge is 0.465 e. The minimum absolute atomic E-state index is 0.0650. The van der Waals surface area contributed by atoms with Gasteiger partial charge in [-0.1, -0.05) is 12.0 Å². The number of alkyl halides is 3. The number of carboxylic acid groups (broad SMARTS) is 1. The maximum Gasteiger partial charge on any atom is 0.573 e. The number of halogens is 4. The Balaban J connectivity index is 2.07. The molecule has 0 aromatic heterocycles. The van der Waals surface area contributed by atoms with Gasteiger partial charge in [0.1, 0.15) is 6.61 Å². The zero-order chi connectivity index (χ0) is 20.0. The number of rotatable bonds is 6. The summed E-state index contributed by atoms with van der Waals surface area (Å²) >= 11 is 0. The lowest BCUT2D eigenvalue weighted by Gasteiger charge is -2.40. The van der Waals surface area contributed by atoms with E-state index < -0.39 is 24.0 Å². The lowest BCUT2D eigenvalue weighted by molar-refractivity contribution is -0.275. The Morgan fingerprint density at radius 3 is 2.70 bits per heavy atom. The van der Waals surface area contributed by atoms with Crippen LogP contribution < -0.4 is 4.74 Å². The summed E-state index contributed by atoms with van der Waals surface area (Å²) in [4.78, 5) is 14.3. The van der Waals surface area contributed by atoms with Crippen LogP contribution in [0.3, 0.4) is 0 Å². The highest BCUT2D eigenvalue weighted by molar-refractivity contribution is 5.65. The van der Waals surface area contributed by atoms with Crippen LogP contribution in [0.5, 0.6) is 5.75 Å². The molecule has 1 aromatic rings. The zero-order valence-electron chi connectivity index (χ0n) is 14.2. The number of hydrogen-bond acceptors (Lipinski definition) is 4. The molecule has 0 bridgehead atoms. The first-order chi connectivity index (χ1) is 12.7. The fraction of sp³-hybridized carbons (Fsp3) is 0.471. The van der Waals surface area contributed by atoms with E-state index in [1.165, 1.54) is 11.0 Å². The number of ether oxygens (including phenoxy) is 2. The summed E-state index contributed by atoms with van der Waals surface area (Å²) in [5.74, 6) is 0.275. The number of carbonyl (C=O) groups is 1. The molecule has 0 spiro atoms. The average Bonchev–Trinajstić information content (AvgIpc) is 2.57. The summed E-state index contributed by atoms with van der Waals surface area (Å²) in [5.41, 5.74) is 0.424. The highest BCUT2D eigenvalue weighted by Gasteiger charge is 2.33. The van der Waals surface area contributed by atoms with E-state index in [0.29, 0.717) is 12.1 Å². The number of amides is 1. The van der Waals surface area contributed by atoms with Crippen LogP contribution in [-0.4, -0.2) is 66.3 Å². The predicted octanol–water partition coefficient (Wildman–Crippen LogP) is 2.54. The second-order valence-electron chi connectivity index (χ2n) is 5.88. The summed E-state index contributed by atoms with van der Waals surface area (Å²) in [6, 6.07) is 2.88. The molecule has 0 saturated carbocycles. The Hall–Kier alpha value is -2.51. The Labute approximate surface area is 153 Å². The molecule has 0 unspecified atom stereocenters. The number of nitrogens with zero attached hydrogens (tertiary/aromatic N) is 2. The van der Waals surface area contributed by atoms with Gasteiger partial charge in [0.2, 0.25) is 0 Å². The van der Waals surface area contributed by atoms with Crippen molar-refractivity contribution in [1.29, 1.82) is 0 Å². The highest BCUT2D eigenvalue weighted by atomic mass is 19.4. The maximum atomic E-state index is 13.9. The third kappa shape index (κ3) is 6.30. The molecule has 1 aliphatic rings. The van der Waals surface area contributed by atoms with Crippen molar-refractivity contribution in [2.75, 3.05) is 32.8 Å². The van der Waals surface area contributed by atoms with Gasteiger partial charge in [-0.2, -0.15) is 0 Å². The molecule has 0 aliphatic carbocycles. The minimum Gasteiger partial charge on any atom is -0.465 e. The van der Waals surface area contributed by atoms with Crippen molar-refractivity contribution in [3.05, 3.63) is 29.6 Å². The van der Waals surface area contributed by atoms with E-state index in [-0.39, 0.29) is 38.9 Å². The summed E-state index contributed by atoms with van der Waals surface area (Å²) in [7, 11) is 0. The van der Waals surface area contributed by atoms with E-state index in [0.717, 1.165) is 12.1 Å². The van der Waals surface area contributed by atoms with Gasteiger partial charge in [0.25, 0.3) is 0 Å². The van der Waals surface area contributed by atoms with Crippen molar-refractivity contribution >= 4 is 6.09 Å². The third-order valence-corrected chi connectivity index (χ3v) is 3.98. The molecule has 0 radical (unpaired) electrons. The topological polar surface area (TPSA) is 62.2 Å². The quantitative estimate of drug-likeness (QED) is 0.460. The molecule has 148 valence electrons. The molecule has 1 aliphatic heterocycles. The summed E-state index contributed by atoms with van der Waals surface area (Å²) in [6.07, 6.45) is -0.911. The molecule has 2 rings (SSSR count). The van der Waals surface area contributed by atoms with Crippen LogP contribution in [0.15, 0.2) is 18.2 Å². The molecule has 1 fully saturated rings. The van der Waals surface area contributed by atoms with E-state index >= 15 is 0 Å². The number of piperazine rings is 1. The second kappa shape index (κ2) is 8.92. The molecular formula is C17H18F4N2O4. The molecule has 1 amide bonds. The number of benzene rings is 1. The monoisotopic (exact) mass is 390 g/mol. The first kappa shape index (κ1) is 20.8. The van der Waals surface area contributed by atoms with E-state index in [9.17, 15) is 22.4 Å². The predicted molar refractivity (Wildman–Crippen MR) is 86.5 cm³/mol. The van der Waals surface area contributed by atoms with Gasteiger partial charge < -0.3 is 19.5 Å². The Bertz CT molecular complexity index is 705. The molecule has 10 heteroatoms. The normalized spacial score (nSPS) is 18.2. The molecule has 1 heterocycles. The fourth-order valence-corrected chi connectivity index (χ4v) is 2.77. The Kier molecular flexibility index (Phi) is 6.87. The van der Waals surface area contributed by atoms with Crippen molar-refractivity contribution in [2.24, 2.45) is 0 Å². The Morgan fingerprint density at radius 2 is 2.11 bits per heavy atom. The van der Waals surface area contributed by atoms with Gasteiger partial charge in [0.15, 0.2) is 11.6 Å². The molecular weight excluding hydrogens is 372 g/mol. The summed E-state index contributed by atoms with van der Waals surface area (Å²) < 4.78 is 59.4. The highest BCUT2D eigenvalue weighted by Crippen LogP contribution is 2.27. The van der Waals surface area contributed by atoms with Gasteiger partial charge in [0.05, 0.1) is 12.6 Å². The first-order valence-corrected chi connectivity index (χ1v) is 7.97. The van der Waals surface area contributed by atoms with Crippen molar-refractivity contribution in [2.45, 2.75) is 18.9 Å². The van der Waals surface area contributed by atoms with Gasteiger partial charge in [-0.25, -0.2) is 9.18 Å². The van der Waals surface area contributed by atoms with Gasteiger partial charge in [0, 0.05) is 26.2 Å². The first-order valence-electron chi connectivity index (χ1n) is 7.97.